The Morgan fingerprint density at radius 2 is 2.26 bits per heavy atom. The molecule has 0 spiro atoms. The smallest absolute Gasteiger partial charge is 0.276 e. The van der Waals surface area contributed by atoms with Crippen LogP contribution in [0.3, 0.4) is 0 Å². The SMILES string of the molecule is [N-]=[N+]=NCCNC(=O)C=Cc1ccccc1[N+](=O)[O-]. The van der Waals surface area contributed by atoms with E-state index in [1.54, 1.807) is 18.2 Å². The summed E-state index contributed by atoms with van der Waals surface area (Å²) in [7, 11) is 0. The molecular weight excluding hydrogens is 250 g/mol. The summed E-state index contributed by atoms with van der Waals surface area (Å²) in [5.41, 5.74) is 8.31. The average molecular weight is 261 g/mol. The molecule has 0 aliphatic rings. The van der Waals surface area contributed by atoms with Gasteiger partial charge >= 0.3 is 0 Å². The summed E-state index contributed by atoms with van der Waals surface area (Å²) in [6.45, 7) is 0.367. The summed E-state index contributed by atoms with van der Waals surface area (Å²) in [4.78, 5) is 24.1. The van der Waals surface area contributed by atoms with E-state index < -0.39 is 10.8 Å². The fraction of sp³-hybridized carbons (Fsp3) is 0.182. The number of carbonyl (C=O) groups excluding carboxylic acids is 1. The van der Waals surface area contributed by atoms with Crippen molar-refractivity contribution in [2.75, 3.05) is 13.1 Å². The van der Waals surface area contributed by atoms with E-state index in [1.807, 2.05) is 0 Å². The Hall–Kier alpha value is -2.86. The van der Waals surface area contributed by atoms with Gasteiger partial charge in [-0.15, -0.1) is 0 Å². The standard InChI is InChI=1S/C11H11N5O3/c12-15-14-8-7-13-11(17)6-5-9-3-1-2-4-10(9)16(18)19/h1-6H,7-8H2,(H,13,17). The van der Waals surface area contributed by atoms with Gasteiger partial charge < -0.3 is 5.32 Å². The van der Waals surface area contributed by atoms with Crippen LogP contribution in [-0.2, 0) is 4.79 Å². The third-order valence-electron chi connectivity index (χ3n) is 2.12. The maximum atomic E-state index is 11.4. The van der Waals surface area contributed by atoms with Crippen molar-refractivity contribution in [1.82, 2.24) is 5.32 Å². The molecule has 19 heavy (non-hydrogen) atoms. The molecule has 0 aliphatic carbocycles. The molecule has 0 fully saturated rings. The second-order valence-corrected chi connectivity index (χ2v) is 3.39. The summed E-state index contributed by atoms with van der Waals surface area (Å²) in [6.07, 6.45) is 2.56. The summed E-state index contributed by atoms with van der Waals surface area (Å²) in [5.74, 6) is -0.411. The van der Waals surface area contributed by atoms with Crippen LogP contribution in [0.1, 0.15) is 5.56 Å². The topological polar surface area (TPSA) is 121 Å². The molecule has 98 valence electrons. The van der Waals surface area contributed by atoms with Crippen LogP contribution >= 0.6 is 0 Å². The number of nitro benzene ring substituents is 1. The lowest BCUT2D eigenvalue weighted by Gasteiger charge is -1.98. The first-order chi connectivity index (χ1) is 9.15. The summed E-state index contributed by atoms with van der Waals surface area (Å²) in [6, 6.07) is 6.10. The first-order valence-corrected chi connectivity index (χ1v) is 5.35. The summed E-state index contributed by atoms with van der Waals surface area (Å²) >= 11 is 0. The molecule has 0 aliphatic heterocycles. The molecule has 8 nitrogen and oxygen atoms in total. The lowest BCUT2D eigenvalue weighted by atomic mass is 10.1. The van der Waals surface area contributed by atoms with Gasteiger partial charge in [-0.1, -0.05) is 17.2 Å². The molecule has 0 heterocycles. The Morgan fingerprint density at radius 3 is 2.95 bits per heavy atom. The lowest BCUT2D eigenvalue weighted by molar-refractivity contribution is -0.385. The molecule has 1 aromatic rings. The number of benzene rings is 1. The molecule has 0 bridgehead atoms. The van der Waals surface area contributed by atoms with Crippen molar-refractivity contribution in [3.8, 4) is 0 Å². The van der Waals surface area contributed by atoms with Crippen molar-refractivity contribution in [1.29, 1.82) is 0 Å². The Balaban J connectivity index is 2.63. The molecule has 0 radical (unpaired) electrons. The minimum Gasteiger partial charge on any atom is -0.352 e. The van der Waals surface area contributed by atoms with E-state index in [2.05, 4.69) is 15.3 Å². The van der Waals surface area contributed by atoms with Crippen molar-refractivity contribution < 1.29 is 9.72 Å². The zero-order valence-corrected chi connectivity index (χ0v) is 9.89. The van der Waals surface area contributed by atoms with E-state index in [4.69, 9.17) is 5.53 Å². The van der Waals surface area contributed by atoms with Gasteiger partial charge in [-0.25, -0.2) is 0 Å². The number of nitro groups is 1. The number of nitrogens with zero attached hydrogens (tertiary/aromatic N) is 4. The van der Waals surface area contributed by atoms with Gasteiger partial charge in [-0.2, -0.15) is 0 Å². The third kappa shape index (κ3) is 4.88. The highest BCUT2D eigenvalue weighted by Crippen LogP contribution is 2.18. The van der Waals surface area contributed by atoms with E-state index >= 15 is 0 Å². The highest BCUT2D eigenvalue weighted by Gasteiger charge is 2.09. The summed E-state index contributed by atoms with van der Waals surface area (Å²) in [5, 5.41) is 16.5. The van der Waals surface area contributed by atoms with Crippen LogP contribution in [-0.4, -0.2) is 23.9 Å². The van der Waals surface area contributed by atoms with Gasteiger partial charge in [-0.05, 0) is 17.7 Å². The van der Waals surface area contributed by atoms with Crippen molar-refractivity contribution in [3.63, 3.8) is 0 Å². The molecule has 1 N–H and O–H groups in total. The van der Waals surface area contributed by atoms with Crippen LogP contribution in [0, 0.1) is 10.1 Å². The van der Waals surface area contributed by atoms with Crippen LogP contribution in [0.25, 0.3) is 16.5 Å². The van der Waals surface area contributed by atoms with Crippen LogP contribution in [0.2, 0.25) is 0 Å². The first-order valence-electron chi connectivity index (χ1n) is 5.35. The number of hydrogen-bond donors (Lipinski definition) is 1. The predicted molar refractivity (Wildman–Crippen MR) is 69.2 cm³/mol. The third-order valence-corrected chi connectivity index (χ3v) is 2.12. The average Bonchev–Trinajstić information content (AvgIpc) is 2.41. The zero-order chi connectivity index (χ0) is 14.1. The second kappa shape index (κ2) is 7.46. The molecule has 1 rings (SSSR count). The van der Waals surface area contributed by atoms with Gasteiger partial charge in [0.05, 0.1) is 10.5 Å². The van der Waals surface area contributed by atoms with Gasteiger partial charge in [0.25, 0.3) is 5.69 Å². The number of amides is 1. The quantitative estimate of drug-likeness (QED) is 0.160. The van der Waals surface area contributed by atoms with Crippen LogP contribution in [0.5, 0.6) is 0 Å². The predicted octanol–water partition coefficient (Wildman–Crippen LogP) is 2.03. The minimum absolute atomic E-state index is 0.0689. The fourth-order valence-electron chi connectivity index (χ4n) is 1.29. The maximum absolute atomic E-state index is 11.4. The number of nitrogens with one attached hydrogen (secondary N) is 1. The molecule has 0 aromatic heterocycles. The minimum atomic E-state index is -0.515. The molecule has 0 atom stereocenters. The second-order valence-electron chi connectivity index (χ2n) is 3.39. The molecule has 0 unspecified atom stereocenters. The zero-order valence-electron chi connectivity index (χ0n) is 9.89. The van der Waals surface area contributed by atoms with E-state index in [0.717, 1.165) is 0 Å². The number of rotatable bonds is 6. The van der Waals surface area contributed by atoms with Crippen molar-refractivity contribution in [3.05, 3.63) is 56.5 Å². The monoisotopic (exact) mass is 261 g/mol. The molecule has 1 amide bonds. The number of azide groups is 1. The molecule has 8 heteroatoms. The van der Waals surface area contributed by atoms with Crippen molar-refractivity contribution in [2.45, 2.75) is 0 Å². The van der Waals surface area contributed by atoms with E-state index in [9.17, 15) is 14.9 Å². The van der Waals surface area contributed by atoms with Gasteiger partial charge in [0.1, 0.15) is 0 Å². The molecule has 0 saturated carbocycles. The highest BCUT2D eigenvalue weighted by molar-refractivity contribution is 5.92. The molecule has 1 aromatic carbocycles. The Bertz CT molecular complexity index is 549. The Morgan fingerprint density at radius 1 is 1.53 bits per heavy atom. The number of para-hydroxylation sites is 1. The van der Waals surface area contributed by atoms with Gasteiger partial charge in [0.2, 0.25) is 5.91 Å². The lowest BCUT2D eigenvalue weighted by Crippen LogP contribution is -2.23. The largest absolute Gasteiger partial charge is 0.352 e. The number of carbonyl (C=O) groups is 1. The first kappa shape index (κ1) is 14.2. The molecule has 0 saturated heterocycles. The van der Waals surface area contributed by atoms with Gasteiger partial charge in [0, 0.05) is 30.1 Å². The highest BCUT2D eigenvalue weighted by atomic mass is 16.6. The Kier molecular flexibility index (Phi) is 5.58. The van der Waals surface area contributed by atoms with E-state index in [1.165, 1.54) is 18.2 Å². The fourth-order valence-corrected chi connectivity index (χ4v) is 1.29. The Labute approximate surface area is 108 Å². The van der Waals surface area contributed by atoms with Crippen molar-refractivity contribution >= 4 is 17.7 Å². The van der Waals surface area contributed by atoms with Crippen LogP contribution < -0.4 is 5.32 Å². The molecular formula is C11H11N5O3. The van der Waals surface area contributed by atoms with E-state index in [0.29, 0.717) is 5.56 Å². The van der Waals surface area contributed by atoms with E-state index in [-0.39, 0.29) is 18.8 Å². The maximum Gasteiger partial charge on any atom is 0.276 e. The van der Waals surface area contributed by atoms with Gasteiger partial charge in [0.15, 0.2) is 0 Å². The summed E-state index contributed by atoms with van der Waals surface area (Å²) < 4.78 is 0. The number of hydrogen-bond acceptors (Lipinski definition) is 4. The van der Waals surface area contributed by atoms with Crippen LogP contribution in [0.15, 0.2) is 35.5 Å². The van der Waals surface area contributed by atoms with Crippen molar-refractivity contribution in [2.24, 2.45) is 5.11 Å². The van der Waals surface area contributed by atoms with Gasteiger partial charge in [-0.3, -0.25) is 14.9 Å². The van der Waals surface area contributed by atoms with Crippen LogP contribution in [0.4, 0.5) is 5.69 Å². The normalized spacial score (nSPS) is 9.89.